The molecule has 1 N–H and O–H groups in total. The number of allylic oxidation sites excluding steroid dienone is 2. The Morgan fingerprint density at radius 2 is 1.50 bits per heavy atom. The van der Waals surface area contributed by atoms with Gasteiger partial charge in [-0.05, 0) is 34.7 Å². The molecule has 1 heterocycles. The minimum atomic E-state index is -1.57. The Morgan fingerprint density at radius 3 is 2.08 bits per heavy atom. The van der Waals surface area contributed by atoms with Crippen LogP contribution in [0.2, 0.25) is 0 Å². The van der Waals surface area contributed by atoms with Crippen molar-refractivity contribution in [3.05, 3.63) is 71.8 Å². The van der Waals surface area contributed by atoms with Gasteiger partial charge in [-0.25, -0.2) is 4.79 Å². The summed E-state index contributed by atoms with van der Waals surface area (Å²) in [6.07, 6.45) is 2.66. The van der Waals surface area contributed by atoms with E-state index < -0.39 is 17.9 Å². The highest BCUT2D eigenvalue weighted by Gasteiger charge is 2.43. The number of hydrogen-bond donors (Lipinski definition) is 1. The Labute approximate surface area is 138 Å². The zero-order valence-corrected chi connectivity index (χ0v) is 12.9. The fourth-order valence-electron chi connectivity index (χ4n) is 3.26. The van der Waals surface area contributed by atoms with Gasteiger partial charge >= 0.3 is 6.09 Å². The molecule has 2 aromatic carbocycles. The third kappa shape index (κ3) is 2.06. The van der Waals surface area contributed by atoms with E-state index in [1.165, 1.54) is 0 Å². The second kappa shape index (κ2) is 5.77. The minimum Gasteiger partial charge on any atom is -0.464 e. The molecule has 2 aromatic rings. The number of hydrogen-bond acceptors (Lipinski definition) is 3. The van der Waals surface area contributed by atoms with Gasteiger partial charge in [0.25, 0.3) is 11.8 Å². The van der Waals surface area contributed by atoms with E-state index in [4.69, 9.17) is 0 Å². The van der Waals surface area contributed by atoms with Crippen LogP contribution < -0.4 is 0 Å². The normalized spacial score (nSPS) is 13.2. The van der Waals surface area contributed by atoms with Crippen LogP contribution in [0, 0.1) is 0 Å². The summed E-state index contributed by atoms with van der Waals surface area (Å²) in [5, 5.41) is 10.6. The van der Waals surface area contributed by atoms with Gasteiger partial charge in [0, 0.05) is 0 Å². The third-order valence-electron chi connectivity index (χ3n) is 4.16. The number of carboxylic acid groups (broad SMARTS) is 1. The van der Waals surface area contributed by atoms with Crippen molar-refractivity contribution in [2.24, 2.45) is 0 Å². The summed E-state index contributed by atoms with van der Waals surface area (Å²) in [7, 11) is 0. The molecular weight excluding hydrogens is 306 g/mol. The molecule has 0 aliphatic carbocycles. The zero-order chi connectivity index (χ0) is 17.4. The molecule has 120 valence electrons. The molecule has 0 radical (unpaired) electrons. The summed E-state index contributed by atoms with van der Waals surface area (Å²) < 4.78 is 0. The molecule has 0 unspecified atom stereocenters. The first kappa shape index (κ1) is 15.7. The Balaban J connectivity index is 2.48. The first-order valence-electron chi connectivity index (χ1n) is 7.42. The lowest BCUT2D eigenvalue weighted by Gasteiger charge is -2.15. The zero-order valence-electron chi connectivity index (χ0n) is 12.9. The Kier molecular flexibility index (Phi) is 3.77. The molecule has 3 rings (SSSR count). The maximum absolute atomic E-state index is 12.6. The van der Waals surface area contributed by atoms with Crippen molar-refractivity contribution in [1.29, 1.82) is 0 Å². The van der Waals surface area contributed by atoms with Crippen LogP contribution in [-0.4, -0.2) is 27.9 Å². The average Bonchev–Trinajstić information content (AvgIpc) is 2.82. The van der Waals surface area contributed by atoms with Crippen molar-refractivity contribution < 1.29 is 19.5 Å². The lowest BCUT2D eigenvalue weighted by atomic mass is 9.87. The van der Waals surface area contributed by atoms with Gasteiger partial charge in [0.2, 0.25) is 0 Å². The molecule has 5 nitrogen and oxygen atoms in total. The van der Waals surface area contributed by atoms with Gasteiger partial charge < -0.3 is 5.11 Å². The van der Waals surface area contributed by atoms with Gasteiger partial charge in [-0.2, -0.15) is 4.90 Å². The fraction of sp³-hybridized carbons (Fsp3) is 0.105. The summed E-state index contributed by atoms with van der Waals surface area (Å²) in [5.41, 5.74) is 1.83. The number of rotatable bonds is 4. The van der Waals surface area contributed by atoms with Crippen LogP contribution in [0.25, 0.3) is 10.8 Å². The van der Waals surface area contributed by atoms with E-state index in [1.807, 2.05) is 12.1 Å². The summed E-state index contributed by atoms with van der Waals surface area (Å²) in [6, 6.07) is 7.20. The van der Waals surface area contributed by atoms with E-state index >= 15 is 0 Å². The van der Waals surface area contributed by atoms with Gasteiger partial charge in [0.15, 0.2) is 0 Å². The summed E-state index contributed by atoms with van der Waals surface area (Å²) in [5.74, 6) is -1.59. The molecule has 0 saturated carbocycles. The monoisotopic (exact) mass is 321 g/mol. The molecule has 1 aliphatic rings. The Bertz CT molecular complexity index is 927. The summed E-state index contributed by atoms with van der Waals surface area (Å²) >= 11 is 0. The fourth-order valence-corrected chi connectivity index (χ4v) is 3.26. The van der Waals surface area contributed by atoms with Crippen LogP contribution in [-0.2, 0) is 12.8 Å². The predicted molar refractivity (Wildman–Crippen MR) is 90.3 cm³/mol. The van der Waals surface area contributed by atoms with Gasteiger partial charge in [-0.1, -0.05) is 36.4 Å². The minimum absolute atomic E-state index is 0.155. The highest BCUT2D eigenvalue weighted by atomic mass is 16.4. The molecule has 0 saturated heterocycles. The molecule has 0 atom stereocenters. The lowest BCUT2D eigenvalue weighted by molar-refractivity contribution is 0.0651. The van der Waals surface area contributed by atoms with Crippen molar-refractivity contribution >= 4 is 28.7 Å². The Hall–Kier alpha value is -3.21. The molecule has 1 aliphatic heterocycles. The van der Waals surface area contributed by atoms with Crippen molar-refractivity contribution in [3.8, 4) is 0 Å². The number of benzene rings is 2. The second-order valence-electron chi connectivity index (χ2n) is 5.47. The van der Waals surface area contributed by atoms with Gasteiger partial charge in [0.05, 0.1) is 11.1 Å². The van der Waals surface area contributed by atoms with Crippen molar-refractivity contribution in [3.63, 3.8) is 0 Å². The van der Waals surface area contributed by atoms with E-state index in [9.17, 15) is 19.5 Å². The standard InChI is InChI=1S/C19H15NO4/c1-3-7-11-12-9-5-6-10-14(12)16-15(13(11)8-4-2)17(21)20(18(16)22)19(23)24/h3-6,9-10H,1-2,7-8H2,(H,23,24). The maximum atomic E-state index is 12.6. The number of carbonyl (C=O) groups excluding carboxylic acids is 2. The van der Waals surface area contributed by atoms with E-state index in [2.05, 4.69) is 13.2 Å². The molecule has 24 heavy (non-hydrogen) atoms. The highest BCUT2D eigenvalue weighted by molar-refractivity contribution is 6.32. The lowest BCUT2D eigenvalue weighted by Crippen LogP contribution is -2.34. The number of carbonyl (C=O) groups is 3. The molecule has 0 bridgehead atoms. The summed E-state index contributed by atoms with van der Waals surface area (Å²) in [4.78, 5) is 36.8. The highest BCUT2D eigenvalue weighted by Crippen LogP contribution is 2.37. The van der Waals surface area contributed by atoms with Gasteiger partial charge in [-0.3, -0.25) is 9.59 Å². The SMILES string of the molecule is C=CCc1c2c(c3ccccc3c1CC=C)C(=O)N(C(=O)O)C2=O. The van der Waals surface area contributed by atoms with Crippen LogP contribution in [0.3, 0.4) is 0 Å². The van der Waals surface area contributed by atoms with Crippen LogP contribution >= 0.6 is 0 Å². The van der Waals surface area contributed by atoms with Crippen LogP contribution in [0.4, 0.5) is 4.79 Å². The third-order valence-corrected chi connectivity index (χ3v) is 4.16. The van der Waals surface area contributed by atoms with Gasteiger partial charge in [-0.15, -0.1) is 13.2 Å². The second-order valence-corrected chi connectivity index (χ2v) is 5.47. The molecular formula is C19H15NO4. The van der Waals surface area contributed by atoms with E-state index in [0.29, 0.717) is 23.8 Å². The predicted octanol–water partition coefficient (Wildman–Crippen LogP) is 3.57. The quantitative estimate of drug-likeness (QED) is 0.690. The van der Waals surface area contributed by atoms with Crippen molar-refractivity contribution in [2.75, 3.05) is 0 Å². The number of amides is 3. The average molecular weight is 321 g/mol. The molecule has 0 spiro atoms. The van der Waals surface area contributed by atoms with E-state index in [-0.39, 0.29) is 16.0 Å². The van der Waals surface area contributed by atoms with Crippen LogP contribution in [0.1, 0.15) is 31.8 Å². The van der Waals surface area contributed by atoms with E-state index in [0.717, 1.165) is 10.9 Å². The van der Waals surface area contributed by atoms with Crippen molar-refractivity contribution in [2.45, 2.75) is 12.8 Å². The first-order valence-corrected chi connectivity index (χ1v) is 7.42. The van der Waals surface area contributed by atoms with Crippen LogP contribution in [0.15, 0.2) is 49.6 Å². The molecule has 0 fully saturated rings. The molecule has 5 heteroatoms. The van der Waals surface area contributed by atoms with Gasteiger partial charge in [0.1, 0.15) is 0 Å². The van der Waals surface area contributed by atoms with Crippen LogP contribution in [0.5, 0.6) is 0 Å². The number of fused-ring (bicyclic) bond motifs is 3. The van der Waals surface area contributed by atoms with E-state index in [1.54, 1.807) is 24.3 Å². The molecule has 3 amide bonds. The largest absolute Gasteiger partial charge is 0.464 e. The molecule has 0 aromatic heterocycles. The number of nitrogens with zero attached hydrogens (tertiary/aromatic N) is 1. The smallest absolute Gasteiger partial charge is 0.421 e. The maximum Gasteiger partial charge on any atom is 0.421 e. The van der Waals surface area contributed by atoms with Crippen molar-refractivity contribution in [1.82, 2.24) is 4.90 Å². The first-order chi connectivity index (χ1) is 11.5. The topological polar surface area (TPSA) is 74.7 Å². The Morgan fingerprint density at radius 1 is 0.958 bits per heavy atom. The number of imide groups is 3. The summed E-state index contributed by atoms with van der Waals surface area (Å²) in [6.45, 7) is 7.46.